The van der Waals surface area contributed by atoms with Crippen LogP contribution in [0.4, 0.5) is 5.95 Å². The molecule has 12 nitrogen and oxygen atoms in total. The van der Waals surface area contributed by atoms with E-state index >= 15 is 0 Å². The molecule has 0 aliphatic carbocycles. The van der Waals surface area contributed by atoms with Crippen molar-refractivity contribution in [1.29, 1.82) is 0 Å². The average molecular weight is 512 g/mol. The lowest BCUT2D eigenvalue weighted by molar-refractivity contribution is 0.0189. The number of aromatic nitrogens is 6. The van der Waals surface area contributed by atoms with Crippen LogP contribution < -0.4 is 4.72 Å². The standard InChI is InChI=1S/C20H26ClN7O5S/c1-13(17(33-4)18-23-11-14(21)12-24-18)34(29,30)27-20-26-25-19(15-7-5-6-9-22-15)28(20)16(32-3)8-10-31-2/h5-7,9,11-13,16-17H,8,10H2,1-4H3,(H,26,27)/t13-,16?,17-/m0/s1. The third-order valence-electron chi connectivity index (χ3n) is 5.02. The molecule has 0 bridgehead atoms. The van der Waals surface area contributed by atoms with Crippen molar-refractivity contribution in [3.05, 3.63) is 47.6 Å². The Kier molecular flexibility index (Phi) is 8.85. The molecular formula is C20H26ClN7O5S. The number of methoxy groups -OCH3 is 3. The zero-order valence-corrected chi connectivity index (χ0v) is 20.7. The van der Waals surface area contributed by atoms with E-state index in [-0.39, 0.29) is 11.8 Å². The summed E-state index contributed by atoms with van der Waals surface area (Å²) in [7, 11) is 0.387. The Bertz CT molecular complexity index is 1160. The first-order valence-electron chi connectivity index (χ1n) is 10.2. The molecule has 184 valence electrons. The summed E-state index contributed by atoms with van der Waals surface area (Å²) in [5.41, 5.74) is 0.497. The van der Waals surface area contributed by atoms with E-state index in [1.165, 1.54) is 38.1 Å². The lowest BCUT2D eigenvalue weighted by Crippen LogP contribution is -2.34. The second-order valence-electron chi connectivity index (χ2n) is 7.17. The van der Waals surface area contributed by atoms with E-state index in [9.17, 15) is 8.42 Å². The van der Waals surface area contributed by atoms with E-state index in [0.29, 0.717) is 29.6 Å². The number of halogens is 1. The fourth-order valence-electron chi connectivity index (χ4n) is 3.23. The van der Waals surface area contributed by atoms with Gasteiger partial charge < -0.3 is 14.2 Å². The minimum atomic E-state index is -4.06. The maximum absolute atomic E-state index is 13.3. The molecule has 1 N–H and O–H groups in total. The maximum atomic E-state index is 13.3. The van der Waals surface area contributed by atoms with Crippen molar-refractivity contribution in [3.8, 4) is 11.5 Å². The summed E-state index contributed by atoms with van der Waals surface area (Å²) in [6.07, 6.45) is 3.17. The molecule has 0 radical (unpaired) electrons. The normalized spacial score (nSPS) is 14.5. The Morgan fingerprint density at radius 1 is 1.09 bits per heavy atom. The highest BCUT2D eigenvalue weighted by Crippen LogP contribution is 2.29. The van der Waals surface area contributed by atoms with E-state index in [2.05, 4.69) is 29.9 Å². The van der Waals surface area contributed by atoms with Gasteiger partial charge >= 0.3 is 0 Å². The number of pyridine rings is 1. The van der Waals surface area contributed by atoms with E-state index in [0.717, 1.165) is 0 Å². The van der Waals surface area contributed by atoms with Crippen LogP contribution in [0.1, 0.15) is 31.5 Å². The van der Waals surface area contributed by atoms with Crippen LogP contribution in [-0.2, 0) is 24.2 Å². The van der Waals surface area contributed by atoms with Crippen LogP contribution in [0.3, 0.4) is 0 Å². The van der Waals surface area contributed by atoms with Crippen LogP contribution in [0.25, 0.3) is 11.5 Å². The highest BCUT2D eigenvalue weighted by atomic mass is 35.5. The zero-order chi connectivity index (χ0) is 24.7. The zero-order valence-electron chi connectivity index (χ0n) is 19.1. The fourth-order valence-corrected chi connectivity index (χ4v) is 4.47. The average Bonchev–Trinajstić information content (AvgIpc) is 3.24. The first-order chi connectivity index (χ1) is 16.3. The van der Waals surface area contributed by atoms with Crippen molar-refractivity contribution in [1.82, 2.24) is 29.7 Å². The van der Waals surface area contributed by atoms with Crippen molar-refractivity contribution in [2.24, 2.45) is 0 Å². The molecule has 14 heteroatoms. The summed E-state index contributed by atoms with van der Waals surface area (Å²) < 4.78 is 46.9. The van der Waals surface area contributed by atoms with Gasteiger partial charge in [-0.1, -0.05) is 17.7 Å². The summed E-state index contributed by atoms with van der Waals surface area (Å²) >= 11 is 5.85. The van der Waals surface area contributed by atoms with Crippen LogP contribution >= 0.6 is 11.6 Å². The van der Waals surface area contributed by atoms with Gasteiger partial charge in [-0.05, 0) is 19.1 Å². The van der Waals surface area contributed by atoms with Gasteiger partial charge in [0.05, 0.1) is 11.6 Å². The maximum Gasteiger partial charge on any atom is 0.240 e. The molecule has 3 aromatic heterocycles. The van der Waals surface area contributed by atoms with Gasteiger partial charge in [0.25, 0.3) is 0 Å². The summed E-state index contributed by atoms with van der Waals surface area (Å²) in [5, 5.41) is 7.48. The molecule has 3 heterocycles. The Hall–Kier alpha value is -2.71. The lowest BCUT2D eigenvalue weighted by atomic mass is 10.2. The molecule has 0 aliphatic rings. The minimum Gasteiger partial charge on any atom is -0.385 e. The number of ether oxygens (including phenoxy) is 3. The number of anilines is 1. The number of sulfonamides is 1. The lowest BCUT2D eigenvalue weighted by Gasteiger charge is -2.24. The quantitative estimate of drug-likeness (QED) is 0.385. The number of nitrogens with one attached hydrogen (secondary N) is 1. The van der Waals surface area contributed by atoms with E-state index < -0.39 is 27.6 Å². The Morgan fingerprint density at radius 3 is 2.41 bits per heavy atom. The van der Waals surface area contributed by atoms with Crippen LogP contribution in [0.15, 0.2) is 36.8 Å². The van der Waals surface area contributed by atoms with Gasteiger partial charge in [0.2, 0.25) is 16.0 Å². The van der Waals surface area contributed by atoms with Gasteiger partial charge in [-0.25, -0.2) is 18.4 Å². The highest BCUT2D eigenvalue weighted by Gasteiger charge is 2.35. The Labute approximate surface area is 202 Å². The first kappa shape index (κ1) is 25.9. The summed E-state index contributed by atoms with van der Waals surface area (Å²) in [5.74, 6) is 0.468. The predicted octanol–water partition coefficient (Wildman–Crippen LogP) is 2.48. The van der Waals surface area contributed by atoms with Gasteiger partial charge in [0.1, 0.15) is 23.3 Å². The summed E-state index contributed by atoms with van der Waals surface area (Å²) in [4.78, 5) is 12.5. The molecule has 0 fully saturated rings. The second-order valence-corrected chi connectivity index (χ2v) is 9.65. The molecule has 0 saturated heterocycles. The molecule has 3 rings (SSSR count). The van der Waals surface area contributed by atoms with Crippen molar-refractivity contribution in [2.75, 3.05) is 32.7 Å². The van der Waals surface area contributed by atoms with Gasteiger partial charge in [0, 0.05) is 46.3 Å². The number of hydrogen-bond acceptors (Lipinski definition) is 10. The van der Waals surface area contributed by atoms with Crippen LogP contribution in [0.2, 0.25) is 5.02 Å². The summed E-state index contributed by atoms with van der Waals surface area (Å²) in [6.45, 7) is 1.84. The van der Waals surface area contributed by atoms with Gasteiger partial charge in [-0.3, -0.25) is 14.3 Å². The third kappa shape index (κ3) is 5.85. The highest BCUT2D eigenvalue weighted by molar-refractivity contribution is 7.93. The Morgan fingerprint density at radius 2 is 1.82 bits per heavy atom. The van der Waals surface area contributed by atoms with Crippen LogP contribution in [0, 0.1) is 0 Å². The van der Waals surface area contributed by atoms with Gasteiger partial charge in [-0.2, -0.15) is 0 Å². The minimum absolute atomic E-state index is 0.0395. The number of hydrogen-bond donors (Lipinski definition) is 1. The van der Waals surface area contributed by atoms with Crippen molar-refractivity contribution in [3.63, 3.8) is 0 Å². The largest absolute Gasteiger partial charge is 0.385 e. The van der Waals surface area contributed by atoms with E-state index in [1.54, 1.807) is 31.5 Å². The SMILES string of the molecule is COCCC(OC)n1c(NS(=O)(=O)[C@@H](C)[C@H](OC)c2ncc(Cl)cn2)nnc1-c1ccccn1. The molecule has 0 saturated carbocycles. The van der Waals surface area contributed by atoms with Gasteiger partial charge in [-0.15, -0.1) is 10.2 Å². The molecule has 0 amide bonds. The van der Waals surface area contributed by atoms with Crippen LogP contribution in [-0.4, -0.2) is 71.3 Å². The van der Waals surface area contributed by atoms with E-state index in [4.69, 9.17) is 25.8 Å². The molecule has 3 aromatic rings. The number of nitrogens with zero attached hydrogens (tertiary/aromatic N) is 6. The molecule has 0 spiro atoms. The van der Waals surface area contributed by atoms with E-state index in [1.807, 2.05) is 0 Å². The monoisotopic (exact) mass is 511 g/mol. The summed E-state index contributed by atoms with van der Waals surface area (Å²) in [6, 6.07) is 5.29. The van der Waals surface area contributed by atoms with Crippen molar-refractivity contribution in [2.45, 2.75) is 30.9 Å². The first-order valence-corrected chi connectivity index (χ1v) is 12.1. The smallest absolute Gasteiger partial charge is 0.240 e. The fraction of sp³-hybridized carbons (Fsp3) is 0.450. The molecular weight excluding hydrogens is 486 g/mol. The van der Waals surface area contributed by atoms with Crippen molar-refractivity contribution >= 4 is 27.6 Å². The third-order valence-corrected chi connectivity index (χ3v) is 6.91. The second kappa shape index (κ2) is 11.6. The Balaban J connectivity index is 1.98. The molecule has 3 atom stereocenters. The molecule has 0 aromatic carbocycles. The molecule has 34 heavy (non-hydrogen) atoms. The van der Waals surface area contributed by atoms with Crippen LogP contribution in [0.5, 0.6) is 0 Å². The van der Waals surface area contributed by atoms with Gasteiger partial charge in [0.15, 0.2) is 11.6 Å². The topological polar surface area (TPSA) is 143 Å². The molecule has 0 aliphatic heterocycles. The van der Waals surface area contributed by atoms with Crippen molar-refractivity contribution < 1.29 is 22.6 Å². The number of rotatable bonds is 12. The predicted molar refractivity (Wildman–Crippen MR) is 125 cm³/mol. The molecule has 1 unspecified atom stereocenters.